The Morgan fingerprint density at radius 1 is 1.33 bits per heavy atom. The largest absolute Gasteiger partial charge is 0.369 e. The first kappa shape index (κ1) is 12.4. The second-order valence-electron chi connectivity index (χ2n) is 4.19. The summed E-state index contributed by atoms with van der Waals surface area (Å²) in [5.41, 5.74) is 2.84. The molecular formula is C10H21N3O2. The molecule has 0 radical (unpaired) electrons. The molecule has 15 heavy (non-hydrogen) atoms. The van der Waals surface area contributed by atoms with Crippen molar-refractivity contribution >= 4 is 5.91 Å². The monoisotopic (exact) mass is 215 g/mol. The van der Waals surface area contributed by atoms with Crippen LogP contribution in [0, 0.1) is 0 Å². The number of nitrogens with zero attached hydrogens (tertiary/aromatic N) is 2. The number of likely N-dealkylation sites (N-methyl/N-ethyl adjacent to an activating group) is 1. The topological polar surface area (TPSA) is 44.8 Å². The second-order valence-corrected chi connectivity index (χ2v) is 4.19. The molecule has 0 aliphatic carbocycles. The Bertz CT molecular complexity index is 201. The van der Waals surface area contributed by atoms with Crippen LogP contribution in [0.4, 0.5) is 0 Å². The molecule has 1 amide bonds. The van der Waals surface area contributed by atoms with Crippen LogP contribution in [-0.2, 0) is 9.53 Å². The van der Waals surface area contributed by atoms with Gasteiger partial charge in [0.1, 0.15) is 6.61 Å². The maximum atomic E-state index is 11.4. The van der Waals surface area contributed by atoms with Crippen molar-refractivity contribution in [2.24, 2.45) is 0 Å². The van der Waals surface area contributed by atoms with Crippen molar-refractivity contribution in [2.45, 2.75) is 20.0 Å². The zero-order valence-electron chi connectivity index (χ0n) is 9.82. The molecule has 5 heteroatoms. The SMILES string of the molecule is CC(C)OCC(=O)NN1CCN(C)CC1. The Hall–Kier alpha value is -0.650. The lowest BCUT2D eigenvalue weighted by molar-refractivity contribution is -0.132. The fourth-order valence-corrected chi connectivity index (χ4v) is 1.37. The van der Waals surface area contributed by atoms with Crippen LogP contribution >= 0.6 is 0 Å². The van der Waals surface area contributed by atoms with E-state index in [1.54, 1.807) is 0 Å². The van der Waals surface area contributed by atoms with E-state index in [2.05, 4.69) is 17.4 Å². The Kier molecular flexibility index (Phi) is 5.01. The highest BCUT2D eigenvalue weighted by atomic mass is 16.5. The number of hydrogen-bond acceptors (Lipinski definition) is 4. The highest BCUT2D eigenvalue weighted by Crippen LogP contribution is 1.95. The van der Waals surface area contributed by atoms with Gasteiger partial charge in [-0.3, -0.25) is 10.2 Å². The van der Waals surface area contributed by atoms with Gasteiger partial charge in [-0.15, -0.1) is 0 Å². The number of hydrogen-bond donors (Lipinski definition) is 1. The quantitative estimate of drug-likeness (QED) is 0.699. The van der Waals surface area contributed by atoms with Gasteiger partial charge in [0, 0.05) is 26.2 Å². The van der Waals surface area contributed by atoms with Crippen LogP contribution in [0.5, 0.6) is 0 Å². The number of piperazine rings is 1. The van der Waals surface area contributed by atoms with Gasteiger partial charge in [0.25, 0.3) is 5.91 Å². The van der Waals surface area contributed by atoms with Gasteiger partial charge in [0.05, 0.1) is 6.10 Å². The third kappa shape index (κ3) is 5.11. The van der Waals surface area contributed by atoms with Crippen LogP contribution < -0.4 is 5.43 Å². The molecule has 1 saturated heterocycles. The average molecular weight is 215 g/mol. The maximum Gasteiger partial charge on any atom is 0.260 e. The minimum Gasteiger partial charge on any atom is -0.369 e. The second kappa shape index (κ2) is 6.05. The van der Waals surface area contributed by atoms with Crippen molar-refractivity contribution in [3.8, 4) is 0 Å². The Labute approximate surface area is 91.3 Å². The molecule has 0 saturated carbocycles. The molecule has 1 rings (SSSR count). The summed E-state index contributed by atoms with van der Waals surface area (Å²) in [7, 11) is 2.08. The van der Waals surface area contributed by atoms with E-state index in [4.69, 9.17) is 4.74 Å². The minimum absolute atomic E-state index is 0.0618. The number of rotatable bonds is 4. The van der Waals surface area contributed by atoms with Gasteiger partial charge in [-0.05, 0) is 20.9 Å². The van der Waals surface area contributed by atoms with Crippen molar-refractivity contribution in [1.82, 2.24) is 15.3 Å². The highest BCUT2D eigenvalue weighted by molar-refractivity contribution is 5.76. The van der Waals surface area contributed by atoms with Gasteiger partial charge in [0.15, 0.2) is 0 Å². The summed E-state index contributed by atoms with van der Waals surface area (Å²) in [5, 5.41) is 1.95. The number of hydrazine groups is 1. The lowest BCUT2D eigenvalue weighted by atomic mass is 10.4. The first-order valence-corrected chi connectivity index (χ1v) is 5.42. The fraction of sp³-hybridized carbons (Fsp3) is 0.900. The molecule has 5 nitrogen and oxygen atoms in total. The summed E-state index contributed by atoms with van der Waals surface area (Å²) in [6.45, 7) is 7.72. The third-order valence-corrected chi connectivity index (χ3v) is 2.33. The first-order valence-electron chi connectivity index (χ1n) is 5.42. The molecule has 1 aliphatic rings. The van der Waals surface area contributed by atoms with E-state index in [-0.39, 0.29) is 18.6 Å². The smallest absolute Gasteiger partial charge is 0.260 e. The van der Waals surface area contributed by atoms with Crippen LogP contribution in [0.3, 0.4) is 0 Å². The molecular weight excluding hydrogens is 194 g/mol. The third-order valence-electron chi connectivity index (χ3n) is 2.33. The normalized spacial score (nSPS) is 19.5. The fourth-order valence-electron chi connectivity index (χ4n) is 1.37. The van der Waals surface area contributed by atoms with Crippen molar-refractivity contribution in [3.05, 3.63) is 0 Å². The molecule has 1 N–H and O–H groups in total. The van der Waals surface area contributed by atoms with Crippen molar-refractivity contribution in [2.75, 3.05) is 39.8 Å². The lowest BCUT2D eigenvalue weighted by Crippen LogP contribution is -2.53. The number of nitrogens with one attached hydrogen (secondary N) is 1. The number of amides is 1. The standard InChI is InChI=1S/C10H21N3O2/c1-9(2)15-8-10(14)11-13-6-4-12(3)5-7-13/h9H,4-8H2,1-3H3,(H,11,14). The summed E-state index contributed by atoms with van der Waals surface area (Å²) in [6, 6.07) is 0. The number of ether oxygens (including phenoxy) is 1. The van der Waals surface area contributed by atoms with E-state index in [9.17, 15) is 4.79 Å². The van der Waals surface area contributed by atoms with E-state index >= 15 is 0 Å². The van der Waals surface area contributed by atoms with E-state index < -0.39 is 0 Å². The molecule has 0 aromatic rings. The molecule has 1 fully saturated rings. The van der Waals surface area contributed by atoms with Gasteiger partial charge < -0.3 is 9.64 Å². The van der Waals surface area contributed by atoms with Crippen LogP contribution in [0.2, 0.25) is 0 Å². The Morgan fingerprint density at radius 3 is 2.47 bits per heavy atom. The molecule has 0 aromatic heterocycles. The summed E-state index contributed by atoms with van der Waals surface area (Å²) in [6.07, 6.45) is 0.100. The summed E-state index contributed by atoms with van der Waals surface area (Å²) >= 11 is 0. The van der Waals surface area contributed by atoms with Gasteiger partial charge in [-0.2, -0.15) is 0 Å². The zero-order valence-corrected chi connectivity index (χ0v) is 9.82. The van der Waals surface area contributed by atoms with Crippen LogP contribution in [-0.4, -0.2) is 61.8 Å². The minimum atomic E-state index is -0.0618. The molecule has 0 bridgehead atoms. The number of carbonyl (C=O) groups is 1. The first-order chi connectivity index (χ1) is 7.08. The van der Waals surface area contributed by atoms with Crippen LogP contribution in [0.15, 0.2) is 0 Å². The van der Waals surface area contributed by atoms with Gasteiger partial charge in [-0.25, -0.2) is 5.01 Å². The van der Waals surface area contributed by atoms with Gasteiger partial charge >= 0.3 is 0 Å². The number of carbonyl (C=O) groups excluding carboxylic acids is 1. The van der Waals surface area contributed by atoms with Crippen molar-refractivity contribution < 1.29 is 9.53 Å². The van der Waals surface area contributed by atoms with Gasteiger partial charge in [0.2, 0.25) is 0 Å². The highest BCUT2D eigenvalue weighted by Gasteiger charge is 2.15. The predicted octanol–water partition coefficient (Wildman–Crippen LogP) is -0.310. The maximum absolute atomic E-state index is 11.4. The Balaban J connectivity index is 2.15. The summed E-state index contributed by atoms with van der Waals surface area (Å²) in [4.78, 5) is 13.6. The van der Waals surface area contributed by atoms with Crippen molar-refractivity contribution in [1.29, 1.82) is 0 Å². The van der Waals surface area contributed by atoms with E-state index in [1.165, 1.54) is 0 Å². The molecule has 0 unspecified atom stereocenters. The Morgan fingerprint density at radius 2 is 1.93 bits per heavy atom. The lowest BCUT2D eigenvalue weighted by Gasteiger charge is -2.32. The van der Waals surface area contributed by atoms with E-state index in [0.29, 0.717) is 0 Å². The average Bonchev–Trinajstić information content (AvgIpc) is 2.19. The summed E-state index contributed by atoms with van der Waals surface area (Å²) < 4.78 is 5.22. The van der Waals surface area contributed by atoms with Gasteiger partial charge in [-0.1, -0.05) is 0 Å². The summed E-state index contributed by atoms with van der Waals surface area (Å²) in [5.74, 6) is -0.0618. The van der Waals surface area contributed by atoms with Crippen LogP contribution in [0.25, 0.3) is 0 Å². The van der Waals surface area contributed by atoms with Crippen LogP contribution in [0.1, 0.15) is 13.8 Å². The van der Waals surface area contributed by atoms with E-state index in [0.717, 1.165) is 26.2 Å². The molecule has 1 heterocycles. The molecule has 0 aromatic carbocycles. The zero-order chi connectivity index (χ0) is 11.3. The van der Waals surface area contributed by atoms with Crippen molar-refractivity contribution in [3.63, 3.8) is 0 Å². The molecule has 0 atom stereocenters. The molecule has 1 aliphatic heterocycles. The molecule has 0 spiro atoms. The molecule has 88 valence electrons. The van der Waals surface area contributed by atoms with E-state index in [1.807, 2.05) is 18.9 Å². The predicted molar refractivity (Wildman–Crippen MR) is 58.3 cm³/mol.